The van der Waals surface area contributed by atoms with E-state index in [0.29, 0.717) is 24.9 Å². The van der Waals surface area contributed by atoms with Crippen molar-refractivity contribution in [3.8, 4) is 0 Å². The molecule has 1 saturated heterocycles. The van der Waals surface area contributed by atoms with Gasteiger partial charge in [0.15, 0.2) is 0 Å². The van der Waals surface area contributed by atoms with Crippen LogP contribution in [0.5, 0.6) is 0 Å². The number of carbonyl (C=O) groups is 1. The lowest BCUT2D eigenvalue weighted by Crippen LogP contribution is -2.50. The lowest BCUT2D eigenvalue weighted by molar-refractivity contribution is 0.208. The largest absolute Gasteiger partial charge is 0.353 e. The van der Waals surface area contributed by atoms with Gasteiger partial charge in [0.2, 0.25) is 0 Å². The number of para-hydroxylation sites is 1. The standard InChI is InChI=1S/C23H32N4O/c1-16(2)19-9-7-10-20(17(3)4)22(19)25-23(28)27-14-12-26(13-15-27)21-11-6-8-18(5)24-21/h6-11,16-17H,12-15H2,1-5H3,(H,25,28). The van der Waals surface area contributed by atoms with Crippen LogP contribution >= 0.6 is 0 Å². The predicted octanol–water partition coefficient (Wildman–Crippen LogP) is 4.99. The van der Waals surface area contributed by atoms with Crippen LogP contribution in [-0.2, 0) is 0 Å². The maximum absolute atomic E-state index is 13.0. The predicted molar refractivity (Wildman–Crippen MR) is 116 cm³/mol. The minimum atomic E-state index is -0.00754. The molecule has 1 aromatic carbocycles. The van der Waals surface area contributed by atoms with Gasteiger partial charge in [-0.05, 0) is 42.0 Å². The van der Waals surface area contributed by atoms with Crippen LogP contribution in [-0.4, -0.2) is 42.1 Å². The number of rotatable bonds is 4. The van der Waals surface area contributed by atoms with E-state index in [0.717, 1.165) is 30.3 Å². The number of hydrogen-bond acceptors (Lipinski definition) is 3. The Labute approximate surface area is 168 Å². The summed E-state index contributed by atoms with van der Waals surface area (Å²) in [4.78, 5) is 21.8. The monoisotopic (exact) mass is 380 g/mol. The van der Waals surface area contributed by atoms with Gasteiger partial charge in [0.05, 0.1) is 0 Å². The number of hydrogen-bond donors (Lipinski definition) is 1. The Bertz CT molecular complexity index is 797. The Hall–Kier alpha value is -2.56. The van der Waals surface area contributed by atoms with Gasteiger partial charge in [0.1, 0.15) is 5.82 Å². The number of nitrogens with zero attached hydrogens (tertiary/aromatic N) is 3. The first-order valence-corrected chi connectivity index (χ1v) is 10.2. The third-order valence-corrected chi connectivity index (χ3v) is 5.37. The molecule has 1 aliphatic rings. The normalized spacial score (nSPS) is 14.7. The topological polar surface area (TPSA) is 48.5 Å². The molecule has 3 rings (SSSR count). The fourth-order valence-corrected chi connectivity index (χ4v) is 3.72. The zero-order chi connectivity index (χ0) is 20.3. The van der Waals surface area contributed by atoms with Crippen molar-refractivity contribution in [2.24, 2.45) is 0 Å². The highest BCUT2D eigenvalue weighted by Gasteiger charge is 2.24. The number of piperazine rings is 1. The van der Waals surface area contributed by atoms with E-state index in [2.05, 4.69) is 61.1 Å². The molecular formula is C23H32N4O. The van der Waals surface area contributed by atoms with Crippen LogP contribution in [0.25, 0.3) is 0 Å². The molecule has 28 heavy (non-hydrogen) atoms. The summed E-state index contributed by atoms with van der Waals surface area (Å²) in [5.41, 5.74) is 4.40. The molecule has 0 aliphatic carbocycles. The van der Waals surface area contributed by atoms with Gasteiger partial charge in [-0.3, -0.25) is 0 Å². The first kappa shape index (κ1) is 20.2. The molecule has 0 bridgehead atoms. The van der Waals surface area contributed by atoms with Crippen molar-refractivity contribution in [3.05, 3.63) is 53.2 Å². The lowest BCUT2D eigenvalue weighted by Gasteiger charge is -2.36. The average Bonchev–Trinajstić information content (AvgIpc) is 2.68. The van der Waals surface area contributed by atoms with Crippen LogP contribution in [0.3, 0.4) is 0 Å². The van der Waals surface area contributed by atoms with E-state index in [-0.39, 0.29) is 6.03 Å². The summed E-state index contributed by atoms with van der Waals surface area (Å²) < 4.78 is 0. The highest BCUT2D eigenvalue weighted by molar-refractivity contribution is 5.91. The third kappa shape index (κ3) is 4.46. The van der Waals surface area contributed by atoms with Crippen LogP contribution < -0.4 is 10.2 Å². The van der Waals surface area contributed by atoms with Crippen molar-refractivity contribution >= 4 is 17.5 Å². The zero-order valence-electron chi connectivity index (χ0n) is 17.7. The van der Waals surface area contributed by atoms with Crippen LogP contribution in [0.15, 0.2) is 36.4 Å². The first-order chi connectivity index (χ1) is 13.4. The molecular weight excluding hydrogens is 348 g/mol. The molecule has 5 heteroatoms. The first-order valence-electron chi connectivity index (χ1n) is 10.2. The van der Waals surface area contributed by atoms with Crippen LogP contribution in [0.1, 0.15) is 56.4 Å². The molecule has 0 spiro atoms. The number of aryl methyl sites for hydroxylation is 1. The third-order valence-electron chi connectivity index (χ3n) is 5.37. The molecule has 1 N–H and O–H groups in total. The smallest absolute Gasteiger partial charge is 0.321 e. The second-order valence-corrected chi connectivity index (χ2v) is 8.16. The van der Waals surface area contributed by atoms with Gasteiger partial charge >= 0.3 is 6.03 Å². The minimum Gasteiger partial charge on any atom is -0.353 e. The summed E-state index contributed by atoms with van der Waals surface area (Å²) in [5.74, 6) is 1.71. The van der Waals surface area contributed by atoms with Crippen LogP contribution in [0.4, 0.5) is 16.3 Å². The highest BCUT2D eigenvalue weighted by atomic mass is 16.2. The Balaban J connectivity index is 1.70. The minimum absolute atomic E-state index is 0.00754. The Morgan fingerprint density at radius 2 is 1.50 bits per heavy atom. The Morgan fingerprint density at radius 1 is 0.929 bits per heavy atom. The van der Waals surface area contributed by atoms with E-state index in [1.807, 2.05) is 30.0 Å². The average molecular weight is 381 g/mol. The van der Waals surface area contributed by atoms with E-state index in [1.54, 1.807) is 0 Å². The second-order valence-electron chi connectivity index (χ2n) is 8.16. The van der Waals surface area contributed by atoms with E-state index >= 15 is 0 Å². The number of benzene rings is 1. The number of amides is 2. The Morgan fingerprint density at radius 3 is 2.04 bits per heavy atom. The Kier molecular flexibility index (Phi) is 6.22. The molecule has 150 valence electrons. The van der Waals surface area contributed by atoms with E-state index < -0.39 is 0 Å². The molecule has 1 fully saturated rings. The molecule has 5 nitrogen and oxygen atoms in total. The molecule has 0 radical (unpaired) electrons. The summed E-state index contributed by atoms with van der Waals surface area (Å²) in [7, 11) is 0. The van der Waals surface area contributed by atoms with Crippen molar-refractivity contribution in [2.45, 2.75) is 46.5 Å². The van der Waals surface area contributed by atoms with Crippen molar-refractivity contribution < 1.29 is 4.79 Å². The molecule has 2 amide bonds. The number of nitrogens with one attached hydrogen (secondary N) is 1. The number of pyridine rings is 1. The van der Waals surface area contributed by atoms with Crippen molar-refractivity contribution in [1.82, 2.24) is 9.88 Å². The van der Waals surface area contributed by atoms with Gasteiger partial charge in [-0.25, -0.2) is 9.78 Å². The van der Waals surface area contributed by atoms with Gasteiger partial charge in [0, 0.05) is 37.6 Å². The zero-order valence-corrected chi connectivity index (χ0v) is 17.7. The second kappa shape index (κ2) is 8.63. The molecule has 1 aliphatic heterocycles. The van der Waals surface area contributed by atoms with E-state index in [1.165, 1.54) is 11.1 Å². The lowest BCUT2D eigenvalue weighted by atomic mass is 9.93. The molecule has 1 aromatic heterocycles. The molecule has 0 saturated carbocycles. The van der Waals surface area contributed by atoms with Gasteiger partial charge in [-0.2, -0.15) is 0 Å². The van der Waals surface area contributed by atoms with Crippen LogP contribution in [0.2, 0.25) is 0 Å². The number of urea groups is 1. The molecule has 0 atom stereocenters. The quantitative estimate of drug-likeness (QED) is 0.813. The number of aromatic nitrogens is 1. The summed E-state index contributed by atoms with van der Waals surface area (Å²) >= 11 is 0. The van der Waals surface area contributed by atoms with Crippen molar-refractivity contribution in [1.29, 1.82) is 0 Å². The van der Waals surface area contributed by atoms with E-state index in [9.17, 15) is 4.79 Å². The number of carbonyl (C=O) groups excluding carboxylic acids is 1. The fourth-order valence-electron chi connectivity index (χ4n) is 3.72. The highest BCUT2D eigenvalue weighted by Crippen LogP contribution is 2.32. The summed E-state index contributed by atoms with van der Waals surface area (Å²) in [5, 5.41) is 3.23. The summed E-state index contributed by atoms with van der Waals surface area (Å²) in [6.45, 7) is 13.7. The maximum Gasteiger partial charge on any atom is 0.321 e. The van der Waals surface area contributed by atoms with Gasteiger partial charge in [0.25, 0.3) is 0 Å². The summed E-state index contributed by atoms with van der Waals surface area (Å²) in [6, 6.07) is 12.4. The molecule has 2 aromatic rings. The van der Waals surface area contributed by atoms with Gasteiger partial charge < -0.3 is 15.1 Å². The maximum atomic E-state index is 13.0. The van der Waals surface area contributed by atoms with Gasteiger partial charge in [-0.1, -0.05) is 52.0 Å². The molecule has 0 unspecified atom stereocenters. The van der Waals surface area contributed by atoms with Crippen molar-refractivity contribution in [3.63, 3.8) is 0 Å². The van der Waals surface area contributed by atoms with Crippen LogP contribution in [0, 0.1) is 6.92 Å². The molecule has 2 heterocycles. The fraction of sp³-hybridized carbons (Fsp3) is 0.478. The van der Waals surface area contributed by atoms with Crippen molar-refractivity contribution in [2.75, 3.05) is 36.4 Å². The number of anilines is 2. The SMILES string of the molecule is Cc1cccc(N2CCN(C(=O)Nc3c(C(C)C)cccc3C(C)C)CC2)n1. The van der Waals surface area contributed by atoms with E-state index in [4.69, 9.17) is 0 Å². The van der Waals surface area contributed by atoms with Gasteiger partial charge in [-0.15, -0.1) is 0 Å². The summed E-state index contributed by atoms with van der Waals surface area (Å²) in [6.07, 6.45) is 0.